The molecule has 6 rings (SSSR count). The summed E-state index contributed by atoms with van der Waals surface area (Å²) in [4.78, 5) is 28.6. The maximum Gasteiger partial charge on any atom is 0.315 e. The molecule has 5 N–H and O–H groups in total. The van der Waals surface area contributed by atoms with E-state index >= 15 is 0 Å². The highest BCUT2D eigenvalue weighted by molar-refractivity contribution is 5.74. The third kappa shape index (κ3) is 7.70. The average Bonchev–Trinajstić information content (AvgIpc) is 3.69. The number of carbonyl (C=O) groups is 1. The summed E-state index contributed by atoms with van der Waals surface area (Å²) in [5.41, 5.74) is 2.18. The van der Waals surface area contributed by atoms with E-state index in [0.29, 0.717) is 17.7 Å². The number of nitrogens with zero attached hydrogens (tertiary/aromatic N) is 5. The predicted octanol–water partition coefficient (Wildman–Crippen LogP) is 3.53. The molecule has 12 heteroatoms. The number of hydrogen-bond donors (Lipinski definition) is 5. The molecule has 1 atom stereocenters. The predicted molar refractivity (Wildman–Crippen MR) is 156 cm³/mol. The van der Waals surface area contributed by atoms with Gasteiger partial charge < -0.3 is 26.0 Å². The largest absolute Gasteiger partial charge is 0.381 e. The van der Waals surface area contributed by atoms with Crippen LogP contribution >= 0.6 is 0 Å². The average molecular weight is 561 g/mol. The number of aromatic nitrogens is 5. The van der Waals surface area contributed by atoms with Gasteiger partial charge in [-0.3, -0.25) is 15.0 Å². The van der Waals surface area contributed by atoms with Crippen molar-refractivity contribution in [2.45, 2.75) is 75.5 Å². The Hall–Kier alpha value is -3.77. The first-order valence-corrected chi connectivity index (χ1v) is 14.9. The molecular weight excluding hydrogens is 520 g/mol. The number of nitrogens with one attached hydrogen (secondary N) is 5. The molecule has 2 amide bonds. The van der Waals surface area contributed by atoms with Gasteiger partial charge in [0.25, 0.3) is 0 Å². The molecule has 1 aliphatic carbocycles. The number of likely N-dealkylation sites (tertiary alicyclic amines) is 1. The standard InChI is InChI=1S/C29H40N10O2/c40-29(34-23-9-14-39(15-10-23)18-24-3-1-2-12-30-24)33-22-6-4-21(5-7-22)32-28-31-13-8-26(36-28)35-27-17-25(37-38-27)20-11-16-41-19-20/h1-3,8,12-13,17,20-23H,4-7,9-11,14-16,18-19H2,(H2,33,34,40)(H3,31,32,35,36,37,38). The van der Waals surface area contributed by atoms with Gasteiger partial charge in [-0.1, -0.05) is 6.07 Å². The van der Waals surface area contributed by atoms with E-state index in [1.807, 2.05) is 30.5 Å². The van der Waals surface area contributed by atoms with Crippen LogP contribution in [0, 0.1) is 0 Å². The van der Waals surface area contributed by atoms with Crippen molar-refractivity contribution in [1.29, 1.82) is 0 Å². The highest BCUT2D eigenvalue weighted by Gasteiger charge is 2.25. The topological polar surface area (TPSA) is 145 Å². The molecule has 3 fully saturated rings. The zero-order chi connectivity index (χ0) is 27.9. The summed E-state index contributed by atoms with van der Waals surface area (Å²) in [6.07, 6.45) is 10.3. The van der Waals surface area contributed by atoms with Crippen LogP contribution in [0.5, 0.6) is 0 Å². The van der Waals surface area contributed by atoms with Crippen LogP contribution in [0.4, 0.5) is 22.4 Å². The van der Waals surface area contributed by atoms with Crippen LogP contribution in [0.3, 0.4) is 0 Å². The van der Waals surface area contributed by atoms with Gasteiger partial charge in [0.15, 0.2) is 5.82 Å². The zero-order valence-corrected chi connectivity index (χ0v) is 23.4. The second kappa shape index (κ2) is 13.3. The quantitative estimate of drug-likeness (QED) is 0.265. The maximum atomic E-state index is 12.7. The first kappa shape index (κ1) is 27.4. The van der Waals surface area contributed by atoms with E-state index in [-0.39, 0.29) is 24.2 Å². The molecule has 0 spiro atoms. The van der Waals surface area contributed by atoms with Crippen LogP contribution in [-0.4, -0.2) is 80.5 Å². The molecule has 3 aromatic rings. The monoisotopic (exact) mass is 560 g/mol. The minimum absolute atomic E-state index is 0.0475. The van der Waals surface area contributed by atoms with Crippen LogP contribution in [0.15, 0.2) is 42.7 Å². The van der Waals surface area contributed by atoms with E-state index in [4.69, 9.17) is 4.74 Å². The van der Waals surface area contributed by atoms with Crippen molar-refractivity contribution < 1.29 is 9.53 Å². The zero-order valence-electron chi connectivity index (χ0n) is 23.4. The smallest absolute Gasteiger partial charge is 0.315 e. The van der Waals surface area contributed by atoms with Crippen LogP contribution in [0.2, 0.25) is 0 Å². The Bertz CT molecular complexity index is 1250. The Morgan fingerprint density at radius 1 is 0.927 bits per heavy atom. The summed E-state index contributed by atoms with van der Waals surface area (Å²) in [6.45, 7) is 4.33. The van der Waals surface area contributed by atoms with Gasteiger partial charge in [-0.05, 0) is 63.1 Å². The molecule has 1 saturated carbocycles. The Labute approximate surface area is 240 Å². The number of urea groups is 1. The summed E-state index contributed by atoms with van der Waals surface area (Å²) in [7, 11) is 0. The molecule has 3 aromatic heterocycles. The van der Waals surface area contributed by atoms with Gasteiger partial charge >= 0.3 is 6.03 Å². The number of piperidine rings is 1. The lowest BCUT2D eigenvalue weighted by atomic mass is 9.91. The van der Waals surface area contributed by atoms with Crippen LogP contribution in [0.1, 0.15) is 62.3 Å². The summed E-state index contributed by atoms with van der Waals surface area (Å²) in [5.74, 6) is 2.39. The molecule has 2 saturated heterocycles. The van der Waals surface area contributed by atoms with Crippen molar-refractivity contribution >= 4 is 23.6 Å². The van der Waals surface area contributed by atoms with E-state index in [0.717, 1.165) is 95.0 Å². The van der Waals surface area contributed by atoms with Crippen molar-refractivity contribution in [2.24, 2.45) is 0 Å². The van der Waals surface area contributed by atoms with E-state index in [2.05, 4.69) is 57.4 Å². The third-order valence-corrected chi connectivity index (χ3v) is 8.31. The molecule has 3 aliphatic rings. The lowest BCUT2D eigenvalue weighted by Gasteiger charge is -2.33. The second-order valence-corrected chi connectivity index (χ2v) is 11.3. The van der Waals surface area contributed by atoms with Crippen molar-refractivity contribution in [3.63, 3.8) is 0 Å². The minimum atomic E-state index is -0.0475. The molecule has 41 heavy (non-hydrogen) atoms. The summed E-state index contributed by atoms with van der Waals surface area (Å²) < 4.78 is 5.48. The number of ether oxygens (including phenoxy) is 1. The molecule has 218 valence electrons. The first-order valence-electron chi connectivity index (χ1n) is 14.9. The third-order valence-electron chi connectivity index (χ3n) is 8.31. The fraction of sp³-hybridized carbons (Fsp3) is 0.552. The van der Waals surface area contributed by atoms with Crippen molar-refractivity contribution in [3.05, 3.63) is 54.1 Å². The van der Waals surface area contributed by atoms with E-state index < -0.39 is 0 Å². The van der Waals surface area contributed by atoms with Crippen LogP contribution < -0.4 is 21.3 Å². The molecule has 2 aliphatic heterocycles. The maximum absolute atomic E-state index is 12.7. The van der Waals surface area contributed by atoms with E-state index in [1.54, 1.807) is 6.20 Å². The van der Waals surface area contributed by atoms with Gasteiger partial charge in [-0.25, -0.2) is 9.78 Å². The Kier molecular flexibility index (Phi) is 8.86. The second-order valence-electron chi connectivity index (χ2n) is 11.3. The number of rotatable bonds is 9. The number of carbonyl (C=O) groups excluding carboxylic acids is 1. The molecule has 0 radical (unpaired) electrons. The van der Waals surface area contributed by atoms with Gasteiger partial charge in [-0.2, -0.15) is 10.1 Å². The fourth-order valence-corrected chi connectivity index (χ4v) is 5.95. The number of anilines is 3. The Morgan fingerprint density at radius 2 is 1.73 bits per heavy atom. The van der Waals surface area contributed by atoms with Crippen molar-refractivity contribution in [2.75, 3.05) is 36.9 Å². The van der Waals surface area contributed by atoms with E-state index in [1.165, 1.54) is 0 Å². The SMILES string of the molecule is O=C(NC1CCC(Nc2nccc(Nc3cc(C4CCOC4)[nH]n3)n2)CC1)NC1CCN(Cc2ccccn2)CC1. The number of aromatic amines is 1. The normalized spacial score (nSPS) is 23.7. The lowest BCUT2D eigenvalue weighted by Crippen LogP contribution is -2.50. The highest BCUT2D eigenvalue weighted by atomic mass is 16.5. The highest BCUT2D eigenvalue weighted by Crippen LogP contribution is 2.26. The molecule has 5 heterocycles. The fourth-order valence-electron chi connectivity index (χ4n) is 5.95. The Morgan fingerprint density at radius 3 is 2.49 bits per heavy atom. The molecule has 0 bridgehead atoms. The number of amides is 2. The summed E-state index contributed by atoms with van der Waals surface area (Å²) in [6, 6.07) is 10.5. The number of hydrogen-bond acceptors (Lipinski definition) is 9. The van der Waals surface area contributed by atoms with Crippen LogP contribution in [0.25, 0.3) is 0 Å². The number of pyridine rings is 1. The Balaban J connectivity index is 0.894. The summed E-state index contributed by atoms with van der Waals surface area (Å²) in [5, 5.41) is 20.6. The van der Waals surface area contributed by atoms with Gasteiger partial charge in [0.2, 0.25) is 5.95 Å². The molecule has 0 aromatic carbocycles. The first-order chi connectivity index (χ1) is 20.2. The molecule has 12 nitrogen and oxygen atoms in total. The van der Waals surface area contributed by atoms with Gasteiger partial charge in [0.05, 0.1) is 12.3 Å². The van der Waals surface area contributed by atoms with Gasteiger partial charge in [-0.15, -0.1) is 0 Å². The molecular formula is C29H40N10O2. The lowest BCUT2D eigenvalue weighted by molar-refractivity contribution is 0.183. The van der Waals surface area contributed by atoms with E-state index in [9.17, 15) is 4.79 Å². The molecule has 1 unspecified atom stereocenters. The van der Waals surface area contributed by atoms with Gasteiger partial charge in [0.1, 0.15) is 5.82 Å². The van der Waals surface area contributed by atoms with Crippen molar-refractivity contribution in [3.8, 4) is 0 Å². The summed E-state index contributed by atoms with van der Waals surface area (Å²) >= 11 is 0. The van der Waals surface area contributed by atoms with Crippen LogP contribution in [-0.2, 0) is 11.3 Å². The van der Waals surface area contributed by atoms with Crippen molar-refractivity contribution in [1.82, 2.24) is 40.7 Å². The number of H-pyrrole nitrogens is 1. The van der Waals surface area contributed by atoms with Gasteiger partial charge in [0, 0.05) is 74.4 Å². The minimum Gasteiger partial charge on any atom is -0.381 e.